The van der Waals surface area contributed by atoms with Gasteiger partial charge in [-0.25, -0.2) is 0 Å². The molecule has 0 fully saturated rings. The number of rotatable bonds is 9. The quantitative estimate of drug-likeness (QED) is 0.109. The Hall–Kier alpha value is -2.96. The molecular weight excluding hydrogens is 964 g/mol. The summed E-state index contributed by atoms with van der Waals surface area (Å²) in [5, 5.41) is 16.3. The first kappa shape index (κ1) is 54.2. The van der Waals surface area contributed by atoms with Gasteiger partial charge >= 0.3 is 0 Å². The Bertz CT molecular complexity index is 2380. The largest absolute Gasteiger partial charge is 0.507 e. The summed E-state index contributed by atoms with van der Waals surface area (Å²) in [5.41, 5.74) is 17.1. The standard InChI is InChI=1S/C18H27NO2.C14H17BrO2.C13H16O2.C4H11N.CH2Br2/c1-8-19(9-2)10-20-17-12(4)11(3)13(5)18-16(17)14(6)15(7)21-18;1-7-8(2)13(16-6-15)12-10(4)11(5)17-14(12)9(7)3;1-6-7(2)12(14)11-9(4)10(5)15-13(11)8(6)3;1-3-5-4-2;2-1-3/h8-10H2,1-7H3;6H2,1-5H3;14H,1-5H3;5H,3-4H2,1-2H3;1H2. The fourth-order valence-corrected chi connectivity index (χ4v) is 7.40. The van der Waals surface area contributed by atoms with Gasteiger partial charge < -0.3 is 33.1 Å². The van der Waals surface area contributed by atoms with Crippen LogP contribution in [0, 0.1) is 104 Å². The molecule has 0 aliphatic carbocycles. The molecule has 0 saturated heterocycles. The molecule has 8 nitrogen and oxygen atoms in total. The highest BCUT2D eigenvalue weighted by Gasteiger charge is 2.22. The van der Waals surface area contributed by atoms with Crippen LogP contribution < -0.4 is 14.8 Å². The molecule has 340 valence electrons. The van der Waals surface area contributed by atoms with Crippen LogP contribution in [-0.2, 0) is 0 Å². The zero-order valence-electron chi connectivity index (χ0n) is 40.5. The molecule has 0 aliphatic heterocycles. The minimum atomic E-state index is 0.363. The topological polar surface area (TPSA) is 93.4 Å². The minimum Gasteiger partial charge on any atom is -0.507 e. The number of phenolic OH excluding ortho intramolecular Hbond substituents is 1. The van der Waals surface area contributed by atoms with Gasteiger partial charge in [0.1, 0.15) is 63.5 Å². The van der Waals surface area contributed by atoms with Gasteiger partial charge in [-0.05, 0) is 196 Å². The summed E-state index contributed by atoms with van der Waals surface area (Å²) in [6, 6.07) is 0. The Balaban J connectivity index is 0.000000292. The van der Waals surface area contributed by atoms with Gasteiger partial charge in [0.05, 0.1) is 20.4 Å². The summed E-state index contributed by atoms with van der Waals surface area (Å²) < 4.78 is 30.3. The number of alkyl halides is 3. The van der Waals surface area contributed by atoms with Crippen molar-refractivity contribution in [1.29, 1.82) is 0 Å². The third kappa shape index (κ3) is 12.2. The summed E-state index contributed by atoms with van der Waals surface area (Å²) >= 11 is 9.45. The Morgan fingerprint density at radius 2 is 0.787 bits per heavy atom. The molecule has 3 aromatic heterocycles. The van der Waals surface area contributed by atoms with E-state index in [1.54, 1.807) is 0 Å². The first-order valence-electron chi connectivity index (χ1n) is 21.2. The molecule has 0 spiro atoms. The molecule has 0 atom stereocenters. The summed E-state index contributed by atoms with van der Waals surface area (Å²) in [6.45, 7) is 44.1. The van der Waals surface area contributed by atoms with Crippen LogP contribution in [0.2, 0.25) is 0 Å². The molecule has 0 unspecified atom stereocenters. The number of hydrogen-bond donors (Lipinski definition) is 2. The maximum absolute atomic E-state index is 10.1. The molecule has 6 rings (SSSR count). The highest BCUT2D eigenvalue weighted by atomic mass is 79.9. The monoisotopic (exact) mass is 1030 g/mol. The molecule has 2 N–H and O–H groups in total. The van der Waals surface area contributed by atoms with Crippen LogP contribution in [0.25, 0.3) is 32.9 Å². The predicted octanol–water partition coefficient (Wildman–Crippen LogP) is 15.4. The van der Waals surface area contributed by atoms with E-state index >= 15 is 0 Å². The lowest BCUT2D eigenvalue weighted by Crippen LogP contribution is -2.27. The molecule has 6 aromatic rings. The van der Waals surface area contributed by atoms with E-state index < -0.39 is 0 Å². The number of halogens is 3. The van der Waals surface area contributed by atoms with Crippen molar-refractivity contribution in [1.82, 2.24) is 10.2 Å². The molecule has 0 bridgehead atoms. The lowest BCUT2D eigenvalue weighted by molar-refractivity contribution is 0.138. The van der Waals surface area contributed by atoms with Gasteiger partial charge in [-0.2, -0.15) is 0 Å². The molecule has 0 radical (unpaired) electrons. The number of aryl methyl sites for hydroxylation is 9. The Labute approximate surface area is 391 Å². The lowest BCUT2D eigenvalue weighted by atomic mass is 9.98. The van der Waals surface area contributed by atoms with Crippen LogP contribution in [0.15, 0.2) is 13.3 Å². The normalized spacial score (nSPS) is 10.9. The first-order valence-corrected chi connectivity index (χ1v) is 24.6. The van der Waals surface area contributed by atoms with E-state index in [0.717, 1.165) is 114 Å². The van der Waals surface area contributed by atoms with Crippen molar-refractivity contribution in [2.45, 2.75) is 132 Å². The van der Waals surface area contributed by atoms with Crippen molar-refractivity contribution < 1.29 is 27.8 Å². The van der Waals surface area contributed by atoms with Gasteiger partial charge in [0.2, 0.25) is 0 Å². The summed E-state index contributed by atoms with van der Waals surface area (Å²) in [6.07, 6.45) is 0. The Kier molecular flexibility index (Phi) is 22.0. The molecular formula is C50H73Br3N2O6. The van der Waals surface area contributed by atoms with E-state index in [2.05, 4.69) is 141 Å². The van der Waals surface area contributed by atoms with Crippen molar-refractivity contribution in [3.63, 3.8) is 0 Å². The van der Waals surface area contributed by atoms with E-state index in [-0.39, 0.29) is 0 Å². The number of hydrogen-bond acceptors (Lipinski definition) is 8. The average molecular weight is 1040 g/mol. The number of ether oxygens (including phenoxy) is 2. The summed E-state index contributed by atoms with van der Waals surface area (Å²) in [4.78, 5) is 2.27. The maximum Gasteiger partial charge on any atom is 0.143 e. The van der Waals surface area contributed by atoms with Gasteiger partial charge in [-0.15, -0.1) is 0 Å². The molecule has 61 heavy (non-hydrogen) atoms. The van der Waals surface area contributed by atoms with Gasteiger partial charge in [0.25, 0.3) is 0 Å². The third-order valence-corrected chi connectivity index (χ3v) is 12.5. The first-order chi connectivity index (χ1) is 28.7. The lowest BCUT2D eigenvalue weighted by Gasteiger charge is -2.21. The van der Waals surface area contributed by atoms with Crippen molar-refractivity contribution >= 4 is 80.7 Å². The second-order valence-electron chi connectivity index (χ2n) is 15.5. The number of furan rings is 3. The smallest absolute Gasteiger partial charge is 0.143 e. The van der Waals surface area contributed by atoms with Crippen LogP contribution in [0.1, 0.15) is 112 Å². The third-order valence-electron chi connectivity index (χ3n) is 12.3. The fourth-order valence-electron chi connectivity index (χ4n) is 7.17. The van der Waals surface area contributed by atoms with Gasteiger partial charge in [-0.3, -0.25) is 4.90 Å². The molecule has 0 saturated carbocycles. The van der Waals surface area contributed by atoms with Gasteiger partial charge in [0.15, 0.2) is 0 Å². The van der Waals surface area contributed by atoms with Crippen molar-refractivity contribution in [2.24, 2.45) is 0 Å². The Morgan fingerprint density at radius 3 is 1.11 bits per heavy atom. The van der Waals surface area contributed by atoms with Crippen LogP contribution in [0.5, 0.6) is 17.2 Å². The zero-order valence-corrected chi connectivity index (χ0v) is 45.3. The second kappa shape index (κ2) is 24.8. The van der Waals surface area contributed by atoms with E-state index in [1.165, 1.54) is 44.5 Å². The molecule has 3 aromatic carbocycles. The molecule has 11 heteroatoms. The second-order valence-corrected chi connectivity index (χ2v) is 18.6. The zero-order chi connectivity index (χ0) is 46.6. The number of fused-ring (bicyclic) bond motifs is 3. The van der Waals surface area contributed by atoms with Crippen LogP contribution in [-0.4, -0.2) is 52.7 Å². The SMILES string of the molecule is BrCBr.CCN(CC)COc1c(C)c(C)c(C)c2oc(C)c(C)c12.CCNCC.Cc1oc2c(C)c(C)c(C)c(O)c2c1C.Cc1oc2c(C)c(C)c(C)c(OCBr)c2c1C. The number of aromatic hydroxyl groups is 1. The Morgan fingerprint density at radius 1 is 0.459 bits per heavy atom. The maximum atomic E-state index is 10.1. The minimum absolute atomic E-state index is 0.363. The van der Waals surface area contributed by atoms with Gasteiger partial charge in [0, 0.05) is 16.7 Å². The number of phenols is 1. The highest BCUT2D eigenvalue weighted by molar-refractivity contribution is 9.24. The van der Waals surface area contributed by atoms with Crippen LogP contribution in [0.3, 0.4) is 0 Å². The molecule has 0 aliphatic rings. The fraction of sp³-hybridized carbons (Fsp3) is 0.520. The number of nitrogens with one attached hydrogen (secondary N) is 1. The van der Waals surface area contributed by atoms with Crippen molar-refractivity contribution in [3.05, 3.63) is 84.0 Å². The summed E-state index contributed by atoms with van der Waals surface area (Å²) in [5.74, 6) is 5.11. The van der Waals surface area contributed by atoms with Gasteiger partial charge in [-0.1, -0.05) is 59.6 Å². The van der Waals surface area contributed by atoms with E-state index in [1.807, 2.05) is 48.5 Å². The van der Waals surface area contributed by atoms with E-state index in [4.69, 9.17) is 22.7 Å². The predicted molar refractivity (Wildman–Crippen MR) is 271 cm³/mol. The van der Waals surface area contributed by atoms with Crippen LogP contribution in [0.4, 0.5) is 0 Å². The van der Waals surface area contributed by atoms with Crippen molar-refractivity contribution in [2.75, 3.05) is 42.7 Å². The molecule has 0 amide bonds. The molecule has 3 heterocycles. The summed E-state index contributed by atoms with van der Waals surface area (Å²) in [7, 11) is 0. The number of nitrogens with zero attached hydrogens (tertiary/aromatic N) is 1. The number of benzene rings is 3. The van der Waals surface area contributed by atoms with Crippen molar-refractivity contribution in [3.8, 4) is 17.2 Å². The highest BCUT2D eigenvalue weighted by Crippen LogP contribution is 2.42. The average Bonchev–Trinajstić information content (AvgIpc) is 3.83. The van der Waals surface area contributed by atoms with Crippen LogP contribution >= 0.6 is 47.8 Å². The van der Waals surface area contributed by atoms with E-state index in [0.29, 0.717) is 18.0 Å². The van der Waals surface area contributed by atoms with E-state index in [9.17, 15) is 5.11 Å².